The first-order chi connectivity index (χ1) is 6.84. The molecule has 2 heterocycles. The third kappa shape index (κ3) is 2.97. The first-order valence-electron chi connectivity index (χ1n) is 5.29. The van der Waals surface area contributed by atoms with Gasteiger partial charge in [0.2, 0.25) is 0 Å². The van der Waals surface area contributed by atoms with E-state index in [0.29, 0.717) is 0 Å². The third-order valence-corrected chi connectivity index (χ3v) is 4.02. The summed E-state index contributed by atoms with van der Waals surface area (Å²) < 4.78 is 0.918. The van der Waals surface area contributed by atoms with Crippen LogP contribution in [0.25, 0.3) is 0 Å². The second-order valence-electron chi connectivity index (χ2n) is 3.98. The highest BCUT2D eigenvalue weighted by Crippen LogP contribution is 2.25. The number of rotatable bonds is 2. The maximum absolute atomic E-state index is 5.91. The zero-order valence-corrected chi connectivity index (χ0v) is 9.83. The van der Waals surface area contributed by atoms with Crippen molar-refractivity contribution < 1.29 is 0 Å². The highest BCUT2D eigenvalue weighted by atomic mass is 35.5. The van der Waals surface area contributed by atoms with Crippen molar-refractivity contribution in [3.8, 4) is 0 Å². The van der Waals surface area contributed by atoms with Crippen LogP contribution >= 0.6 is 22.9 Å². The van der Waals surface area contributed by atoms with E-state index in [0.717, 1.165) is 10.3 Å². The molecule has 0 spiro atoms. The second kappa shape index (κ2) is 5.15. The summed E-state index contributed by atoms with van der Waals surface area (Å²) in [4.78, 5) is 1.43. The summed E-state index contributed by atoms with van der Waals surface area (Å²) in [7, 11) is 0. The largest absolute Gasteiger partial charge is 0.316 e. The fraction of sp³-hybridized carbons (Fsp3) is 0.636. The van der Waals surface area contributed by atoms with Gasteiger partial charge in [-0.05, 0) is 50.4 Å². The smallest absolute Gasteiger partial charge is 0.0931 e. The van der Waals surface area contributed by atoms with Gasteiger partial charge in [-0.2, -0.15) is 0 Å². The Bertz CT molecular complexity index is 277. The Morgan fingerprint density at radius 2 is 2.36 bits per heavy atom. The SMILES string of the molecule is Clc1ccc(CC2CCCCNC2)s1. The number of hydrogen-bond donors (Lipinski definition) is 1. The molecule has 0 aliphatic carbocycles. The molecule has 0 radical (unpaired) electrons. The molecule has 1 atom stereocenters. The Balaban J connectivity index is 1.89. The van der Waals surface area contributed by atoms with Crippen LogP contribution in [0.3, 0.4) is 0 Å². The Kier molecular flexibility index (Phi) is 3.85. The lowest BCUT2D eigenvalue weighted by Crippen LogP contribution is -2.21. The van der Waals surface area contributed by atoms with E-state index in [9.17, 15) is 0 Å². The zero-order chi connectivity index (χ0) is 9.80. The van der Waals surface area contributed by atoms with Gasteiger partial charge < -0.3 is 5.32 Å². The topological polar surface area (TPSA) is 12.0 Å². The molecule has 1 unspecified atom stereocenters. The van der Waals surface area contributed by atoms with E-state index in [4.69, 9.17) is 11.6 Å². The summed E-state index contributed by atoms with van der Waals surface area (Å²) in [5.74, 6) is 0.812. The minimum atomic E-state index is 0.812. The van der Waals surface area contributed by atoms with Crippen LogP contribution in [0.15, 0.2) is 12.1 Å². The fourth-order valence-corrected chi connectivity index (χ4v) is 3.21. The van der Waals surface area contributed by atoms with Crippen LogP contribution in [0.5, 0.6) is 0 Å². The molecule has 1 aliphatic rings. The lowest BCUT2D eigenvalue weighted by Gasteiger charge is -2.12. The monoisotopic (exact) mass is 229 g/mol. The summed E-state index contributed by atoms with van der Waals surface area (Å²) in [6, 6.07) is 4.17. The standard InChI is InChI=1S/C11H16ClNS/c12-11-5-4-10(14-11)7-9-3-1-2-6-13-8-9/h4-5,9,13H,1-3,6-8H2. The van der Waals surface area contributed by atoms with E-state index in [1.807, 2.05) is 6.07 Å². The quantitative estimate of drug-likeness (QED) is 0.821. The van der Waals surface area contributed by atoms with Crippen molar-refractivity contribution in [1.29, 1.82) is 0 Å². The van der Waals surface area contributed by atoms with Gasteiger partial charge in [-0.15, -0.1) is 11.3 Å². The Hall–Kier alpha value is -0.0500. The van der Waals surface area contributed by atoms with Crippen LogP contribution in [0, 0.1) is 5.92 Å². The molecule has 1 nitrogen and oxygen atoms in total. The predicted molar refractivity (Wildman–Crippen MR) is 63.2 cm³/mol. The van der Waals surface area contributed by atoms with Crippen LogP contribution in [0.1, 0.15) is 24.1 Å². The molecule has 0 saturated carbocycles. The summed E-state index contributed by atoms with van der Waals surface area (Å²) in [5.41, 5.74) is 0. The van der Waals surface area contributed by atoms with Gasteiger partial charge in [-0.3, -0.25) is 0 Å². The van der Waals surface area contributed by atoms with Gasteiger partial charge >= 0.3 is 0 Å². The average molecular weight is 230 g/mol. The van der Waals surface area contributed by atoms with Gasteiger partial charge in [0.1, 0.15) is 0 Å². The molecule has 1 aromatic heterocycles. The normalized spacial score (nSPS) is 23.4. The Labute approximate surface area is 94.5 Å². The number of thiophene rings is 1. The first-order valence-corrected chi connectivity index (χ1v) is 6.49. The molecule has 1 fully saturated rings. The molecular weight excluding hydrogens is 214 g/mol. The molecule has 14 heavy (non-hydrogen) atoms. The van der Waals surface area contributed by atoms with E-state index in [1.54, 1.807) is 11.3 Å². The predicted octanol–water partition coefficient (Wildman–Crippen LogP) is 3.33. The molecule has 0 amide bonds. The molecule has 78 valence electrons. The number of nitrogens with one attached hydrogen (secondary N) is 1. The molecule has 1 saturated heterocycles. The second-order valence-corrected chi connectivity index (χ2v) is 5.78. The zero-order valence-electron chi connectivity index (χ0n) is 8.26. The van der Waals surface area contributed by atoms with Crippen molar-refractivity contribution >= 4 is 22.9 Å². The van der Waals surface area contributed by atoms with Crippen molar-refractivity contribution in [2.45, 2.75) is 25.7 Å². The maximum atomic E-state index is 5.91. The summed E-state index contributed by atoms with van der Waals surface area (Å²) in [5, 5.41) is 3.50. The number of hydrogen-bond acceptors (Lipinski definition) is 2. The molecule has 3 heteroatoms. The van der Waals surface area contributed by atoms with Crippen LogP contribution < -0.4 is 5.32 Å². The van der Waals surface area contributed by atoms with Gasteiger partial charge in [0, 0.05) is 4.88 Å². The summed E-state index contributed by atoms with van der Waals surface area (Å²) >= 11 is 7.64. The van der Waals surface area contributed by atoms with Crippen molar-refractivity contribution in [2.75, 3.05) is 13.1 Å². The molecule has 1 aromatic rings. The van der Waals surface area contributed by atoms with Crippen molar-refractivity contribution in [1.82, 2.24) is 5.32 Å². The third-order valence-electron chi connectivity index (χ3n) is 2.77. The van der Waals surface area contributed by atoms with Gasteiger partial charge in [0.15, 0.2) is 0 Å². The lowest BCUT2D eigenvalue weighted by molar-refractivity contribution is 0.480. The highest BCUT2D eigenvalue weighted by molar-refractivity contribution is 7.16. The summed E-state index contributed by atoms with van der Waals surface area (Å²) in [6.07, 6.45) is 5.27. The Morgan fingerprint density at radius 1 is 1.43 bits per heavy atom. The minimum absolute atomic E-state index is 0.812. The van der Waals surface area contributed by atoms with Gasteiger partial charge in [0.05, 0.1) is 4.34 Å². The van der Waals surface area contributed by atoms with Gasteiger partial charge in [0.25, 0.3) is 0 Å². The first kappa shape index (κ1) is 10.5. The maximum Gasteiger partial charge on any atom is 0.0931 e. The molecule has 0 aromatic carbocycles. The van der Waals surface area contributed by atoms with E-state index < -0.39 is 0 Å². The van der Waals surface area contributed by atoms with E-state index in [1.165, 1.54) is 43.6 Å². The van der Waals surface area contributed by atoms with Crippen molar-refractivity contribution in [3.63, 3.8) is 0 Å². The van der Waals surface area contributed by atoms with Crippen molar-refractivity contribution in [2.24, 2.45) is 5.92 Å². The van der Waals surface area contributed by atoms with E-state index in [2.05, 4.69) is 11.4 Å². The molecule has 1 aliphatic heterocycles. The molecule has 2 rings (SSSR count). The van der Waals surface area contributed by atoms with Crippen LogP contribution in [-0.4, -0.2) is 13.1 Å². The highest BCUT2D eigenvalue weighted by Gasteiger charge is 2.13. The Morgan fingerprint density at radius 3 is 3.14 bits per heavy atom. The van der Waals surface area contributed by atoms with Crippen LogP contribution in [-0.2, 0) is 6.42 Å². The molecular formula is C11H16ClNS. The van der Waals surface area contributed by atoms with Crippen LogP contribution in [0.2, 0.25) is 4.34 Å². The van der Waals surface area contributed by atoms with Crippen LogP contribution in [0.4, 0.5) is 0 Å². The fourth-order valence-electron chi connectivity index (χ4n) is 2.01. The molecule has 1 N–H and O–H groups in total. The summed E-state index contributed by atoms with van der Waals surface area (Å²) in [6.45, 7) is 2.37. The van der Waals surface area contributed by atoms with Crippen molar-refractivity contribution in [3.05, 3.63) is 21.3 Å². The number of halogens is 1. The molecule has 0 bridgehead atoms. The van der Waals surface area contributed by atoms with E-state index >= 15 is 0 Å². The van der Waals surface area contributed by atoms with Gasteiger partial charge in [-0.25, -0.2) is 0 Å². The minimum Gasteiger partial charge on any atom is -0.316 e. The average Bonchev–Trinajstić information content (AvgIpc) is 2.43. The van der Waals surface area contributed by atoms with E-state index in [-0.39, 0.29) is 0 Å². The van der Waals surface area contributed by atoms with Gasteiger partial charge in [-0.1, -0.05) is 18.0 Å². The lowest BCUT2D eigenvalue weighted by atomic mass is 9.99.